The molecule has 0 amide bonds. The van der Waals surface area contributed by atoms with Gasteiger partial charge in [-0.25, -0.2) is 18.2 Å². The fourth-order valence-electron chi connectivity index (χ4n) is 4.32. The Morgan fingerprint density at radius 1 is 1.10 bits per heavy atom. The smallest absolute Gasteiger partial charge is 0.288 e. The second-order valence-electron chi connectivity index (χ2n) is 8.80. The highest BCUT2D eigenvalue weighted by molar-refractivity contribution is 9.10. The maximum Gasteiger partial charge on any atom is 0.301 e. The molecule has 1 fully saturated rings. The first-order valence-corrected chi connectivity index (χ1v) is 14.5. The largest absolute Gasteiger partial charge is 0.301 e. The van der Waals surface area contributed by atoms with Crippen LogP contribution in [0.5, 0.6) is 0 Å². The Kier molecular flexibility index (Phi) is 7.70. The van der Waals surface area contributed by atoms with E-state index in [9.17, 15) is 26.8 Å². The maximum atomic E-state index is 15.6. The number of ketones is 1. The summed E-state index contributed by atoms with van der Waals surface area (Å²) in [4.78, 5) is 31.2. The van der Waals surface area contributed by atoms with Gasteiger partial charge in [0.25, 0.3) is 5.91 Å². The zero-order valence-corrected chi connectivity index (χ0v) is 23.9. The predicted octanol–water partition coefficient (Wildman–Crippen LogP) is 6.00. The lowest BCUT2D eigenvalue weighted by Gasteiger charge is -2.18. The number of anilines is 1. The number of carbonyl (C=O) groups excluding carboxylic acids is 2. The molecule has 0 radical (unpaired) electrons. The van der Waals surface area contributed by atoms with Crippen LogP contribution in [0.1, 0.15) is 32.7 Å². The molecule has 2 aromatic carbocycles. The molecule has 0 aliphatic carbocycles. The van der Waals surface area contributed by atoms with E-state index in [1.165, 1.54) is 30.5 Å². The van der Waals surface area contributed by atoms with Gasteiger partial charge in [-0.3, -0.25) is 18.9 Å². The summed E-state index contributed by atoms with van der Waals surface area (Å²) in [5.41, 5.74) is -2.21. The number of nitrogens with zero attached hydrogens (tertiary/aromatic N) is 3. The number of fused-ring (bicyclic) bond motifs is 1. The maximum absolute atomic E-state index is 15.6. The molecule has 2 aromatic heterocycles. The minimum absolute atomic E-state index is 0.0255. The van der Waals surface area contributed by atoms with Crippen LogP contribution in [0.3, 0.4) is 0 Å². The van der Waals surface area contributed by atoms with Gasteiger partial charge in [-0.15, -0.1) is 0 Å². The average Bonchev–Trinajstić information content (AvgIpc) is 3.49. The van der Waals surface area contributed by atoms with Crippen LogP contribution in [-0.2, 0) is 10.2 Å². The predicted molar refractivity (Wildman–Crippen MR) is 147 cm³/mol. The number of halogens is 6. The second-order valence-corrected chi connectivity index (χ2v) is 12.2. The highest BCUT2D eigenvalue weighted by Crippen LogP contribution is 2.32. The van der Waals surface area contributed by atoms with Crippen molar-refractivity contribution in [2.75, 3.05) is 17.8 Å². The molecule has 15 heteroatoms. The van der Waals surface area contributed by atoms with Crippen LogP contribution >= 0.6 is 39.1 Å². The van der Waals surface area contributed by atoms with E-state index in [1.54, 1.807) is 0 Å². The van der Waals surface area contributed by atoms with Gasteiger partial charge in [-0.2, -0.15) is 12.7 Å². The van der Waals surface area contributed by atoms with E-state index in [4.69, 9.17) is 23.2 Å². The van der Waals surface area contributed by atoms with E-state index in [0.717, 1.165) is 27.2 Å². The van der Waals surface area contributed by atoms with Crippen molar-refractivity contribution in [2.45, 2.75) is 12.6 Å². The third-order valence-corrected chi connectivity index (χ3v) is 8.79. The molecule has 8 nitrogen and oxygen atoms in total. The Bertz CT molecular complexity index is 1800. The molecule has 0 saturated carbocycles. The van der Waals surface area contributed by atoms with Gasteiger partial charge in [-0.05, 0) is 52.7 Å². The molecular weight excluding hydrogens is 660 g/mol. The number of benzene rings is 2. The monoisotopic (exact) mass is 674 g/mol. The molecule has 1 aliphatic heterocycles. The summed E-state index contributed by atoms with van der Waals surface area (Å²) in [5, 5.41) is 0.115. The standard InChI is InChI=1S/C25H16BrCl2F3N4O4S/c26-12-8-14-15(11-35(24(14)32-9-12)25(37)20-16(27)2-1-3-17(20)28)23(36)21-18(30)4-5-19(22(21)31)33-40(38,39)34-7-6-13(29)10-34/h1-5,8-9,11,13,33H,6-7,10H2/t13-/m1/s1. The molecule has 1 saturated heterocycles. The van der Waals surface area contributed by atoms with Gasteiger partial charge in [0.2, 0.25) is 5.78 Å². The lowest BCUT2D eigenvalue weighted by atomic mass is 10.0. The number of pyridine rings is 1. The Morgan fingerprint density at radius 3 is 2.45 bits per heavy atom. The molecule has 208 valence electrons. The summed E-state index contributed by atoms with van der Waals surface area (Å²) >= 11 is 15.6. The molecule has 0 spiro atoms. The summed E-state index contributed by atoms with van der Waals surface area (Å²) in [7, 11) is -4.40. The van der Waals surface area contributed by atoms with Crippen molar-refractivity contribution in [3.05, 3.63) is 91.6 Å². The first kappa shape index (κ1) is 28.6. The normalized spacial score (nSPS) is 16.0. The summed E-state index contributed by atoms with van der Waals surface area (Å²) in [6.45, 7) is -0.551. The van der Waals surface area contributed by atoms with Crippen LogP contribution in [-0.4, -0.2) is 53.2 Å². The van der Waals surface area contributed by atoms with Crippen LogP contribution in [0.4, 0.5) is 18.9 Å². The molecule has 1 aliphatic rings. The SMILES string of the molecule is O=C(c1c(F)ccc(NS(=O)(=O)N2CC[C@@H](F)C2)c1F)c1cn(C(=O)c2c(Cl)cccc2Cl)c2ncc(Br)cc12. The quantitative estimate of drug-likeness (QED) is 0.253. The van der Waals surface area contributed by atoms with Crippen LogP contribution in [0.15, 0.2) is 53.3 Å². The van der Waals surface area contributed by atoms with Gasteiger partial charge < -0.3 is 0 Å². The number of rotatable bonds is 6. The van der Waals surface area contributed by atoms with E-state index in [1.807, 2.05) is 4.72 Å². The van der Waals surface area contributed by atoms with Crippen molar-refractivity contribution in [1.29, 1.82) is 0 Å². The molecule has 3 heterocycles. The fourth-order valence-corrected chi connectivity index (χ4v) is 6.48. The molecule has 1 N–H and O–H groups in total. The lowest BCUT2D eigenvalue weighted by molar-refractivity contribution is 0.0964. The zero-order valence-electron chi connectivity index (χ0n) is 20.0. The minimum Gasteiger partial charge on any atom is -0.288 e. The third kappa shape index (κ3) is 5.12. The van der Waals surface area contributed by atoms with Crippen LogP contribution < -0.4 is 4.72 Å². The zero-order chi connectivity index (χ0) is 28.9. The van der Waals surface area contributed by atoms with Crippen LogP contribution in [0.2, 0.25) is 10.0 Å². The Labute approximate surface area is 244 Å². The van der Waals surface area contributed by atoms with Crippen molar-refractivity contribution in [1.82, 2.24) is 13.9 Å². The van der Waals surface area contributed by atoms with Gasteiger partial charge >= 0.3 is 10.2 Å². The van der Waals surface area contributed by atoms with Gasteiger partial charge in [0, 0.05) is 35.3 Å². The lowest BCUT2D eigenvalue weighted by Crippen LogP contribution is -2.34. The first-order valence-electron chi connectivity index (χ1n) is 11.5. The summed E-state index contributed by atoms with van der Waals surface area (Å²) in [6.07, 6.45) is 1.00. The Morgan fingerprint density at radius 2 is 1.80 bits per heavy atom. The third-order valence-electron chi connectivity index (χ3n) is 6.24. The molecule has 1 atom stereocenters. The molecule has 0 bridgehead atoms. The number of carbonyl (C=O) groups is 2. The molecule has 5 rings (SSSR count). The number of hydrogen-bond acceptors (Lipinski definition) is 5. The van der Waals surface area contributed by atoms with Gasteiger partial charge in [-0.1, -0.05) is 29.3 Å². The molecule has 4 aromatic rings. The summed E-state index contributed by atoms with van der Waals surface area (Å²) in [5.74, 6) is -4.72. The van der Waals surface area contributed by atoms with Gasteiger partial charge in [0.15, 0.2) is 5.82 Å². The summed E-state index contributed by atoms with van der Waals surface area (Å²) < 4.78 is 73.4. The van der Waals surface area contributed by atoms with Gasteiger partial charge in [0.05, 0.1) is 32.4 Å². The minimum atomic E-state index is -4.40. The average molecular weight is 676 g/mol. The van der Waals surface area contributed by atoms with E-state index >= 15 is 4.39 Å². The molecule has 0 unspecified atom stereocenters. The van der Waals surface area contributed by atoms with Crippen molar-refractivity contribution < 1.29 is 31.2 Å². The highest BCUT2D eigenvalue weighted by Gasteiger charge is 2.33. The molecule has 40 heavy (non-hydrogen) atoms. The Balaban J connectivity index is 1.60. The number of nitrogens with one attached hydrogen (secondary N) is 1. The number of hydrogen-bond donors (Lipinski definition) is 1. The number of alkyl halides is 1. The summed E-state index contributed by atoms with van der Waals surface area (Å²) in [6, 6.07) is 7.37. The van der Waals surface area contributed by atoms with E-state index < -0.39 is 57.5 Å². The van der Waals surface area contributed by atoms with E-state index in [0.29, 0.717) is 4.47 Å². The second kappa shape index (κ2) is 10.8. The fraction of sp³-hybridized carbons (Fsp3) is 0.160. The van der Waals surface area contributed by atoms with Crippen LogP contribution in [0.25, 0.3) is 11.0 Å². The topological polar surface area (TPSA) is 101 Å². The Hall–Kier alpha value is -2.97. The van der Waals surface area contributed by atoms with Crippen molar-refractivity contribution in [3.8, 4) is 0 Å². The van der Waals surface area contributed by atoms with Crippen molar-refractivity contribution >= 4 is 77.8 Å². The molecular formula is C25H16BrCl2F3N4O4S. The van der Waals surface area contributed by atoms with Gasteiger partial charge in [0.1, 0.15) is 17.6 Å². The van der Waals surface area contributed by atoms with Crippen molar-refractivity contribution in [2.24, 2.45) is 0 Å². The van der Waals surface area contributed by atoms with Crippen molar-refractivity contribution in [3.63, 3.8) is 0 Å². The van der Waals surface area contributed by atoms with E-state index in [-0.39, 0.29) is 45.2 Å². The van der Waals surface area contributed by atoms with Crippen LogP contribution in [0, 0.1) is 11.6 Å². The first-order chi connectivity index (χ1) is 18.9. The highest BCUT2D eigenvalue weighted by atomic mass is 79.9. The van der Waals surface area contributed by atoms with E-state index in [2.05, 4.69) is 20.9 Å². The number of aromatic nitrogens is 2.